The predicted molar refractivity (Wildman–Crippen MR) is 63.7 cm³/mol. The van der Waals surface area contributed by atoms with Gasteiger partial charge in [0.05, 0.1) is 0 Å². The second-order valence-corrected chi connectivity index (χ2v) is 4.17. The largest absolute Gasteiger partial charge is 0.300 e. The van der Waals surface area contributed by atoms with E-state index in [1.807, 2.05) is 0 Å². The molecule has 0 N–H and O–H groups in total. The molecule has 0 atom stereocenters. The van der Waals surface area contributed by atoms with E-state index in [2.05, 4.69) is 0 Å². The third kappa shape index (κ3) is 9.60. The third-order valence-electron chi connectivity index (χ3n) is 2.52. The Hall–Kier alpha value is -1.32. The summed E-state index contributed by atoms with van der Waals surface area (Å²) in [5.41, 5.74) is 0. The number of ketones is 4. The SMILES string of the molecule is CCC(=O)CCC(=O)CCC(=O)CCC(C)=O. The lowest BCUT2D eigenvalue weighted by molar-refractivity contribution is -0.126. The van der Waals surface area contributed by atoms with Crippen molar-refractivity contribution >= 4 is 23.1 Å². The fourth-order valence-electron chi connectivity index (χ4n) is 1.30. The Morgan fingerprint density at radius 3 is 1.35 bits per heavy atom. The number of Topliss-reactive ketones (excluding diaryl/α,β-unsaturated/α-hetero) is 4. The van der Waals surface area contributed by atoms with Gasteiger partial charge in [-0.1, -0.05) is 6.92 Å². The van der Waals surface area contributed by atoms with Crippen LogP contribution in [0.15, 0.2) is 0 Å². The lowest BCUT2D eigenvalue weighted by Crippen LogP contribution is -2.07. The van der Waals surface area contributed by atoms with Crippen LogP contribution < -0.4 is 0 Å². The van der Waals surface area contributed by atoms with E-state index in [0.717, 1.165) is 0 Å². The molecule has 0 saturated heterocycles. The molecule has 0 unspecified atom stereocenters. The zero-order valence-corrected chi connectivity index (χ0v) is 10.6. The minimum absolute atomic E-state index is 0.0155. The van der Waals surface area contributed by atoms with Crippen molar-refractivity contribution in [2.75, 3.05) is 0 Å². The highest BCUT2D eigenvalue weighted by molar-refractivity contribution is 5.90. The van der Waals surface area contributed by atoms with E-state index >= 15 is 0 Å². The summed E-state index contributed by atoms with van der Waals surface area (Å²) in [5, 5.41) is 0. The molecule has 0 amide bonds. The van der Waals surface area contributed by atoms with Crippen LogP contribution in [0, 0.1) is 0 Å². The molecule has 96 valence electrons. The Balaban J connectivity index is 3.66. The van der Waals surface area contributed by atoms with Gasteiger partial charge in [0.25, 0.3) is 0 Å². The van der Waals surface area contributed by atoms with Gasteiger partial charge >= 0.3 is 0 Å². The minimum atomic E-state index is -0.0598. The van der Waals surface area contributed by atoms with Crippen LogP contribution in [0.5, 0.6) is 0 Å². The molecule has 0 aliphatic rings. The highest BCUT2D eigenvalue weighted by Crippen LogP contribution is 2.04. The molecule has 0 aromatic heterocycles. The maximum atomic E-state index is 11.3. The van der Waals surface area contributed by atoms with E-state index in [4.69, 9.17) is 0 Å². The van der Waals surface area contributed by atoms with Crippen LogP contribution >= 0.6 is 0 Å². The smallest absolute Gasteiger partial charge is 0.133 e. The van der Waals surface area contributed by atoms with E-state index in [1.54, 1.807) is 6.92 Å². The van der Waals surface area contributed by atoms with Crippen LogP contribution in [-0.2, 0) is 19.2 Å². The Morgan fingerprint density at radius 2 is 1.00 bits per heavy atom. The highest BCUT2D eigenvalue weighted by Gasteiger charge is 2.09. The summed E-state index contributed by atoms with van der Waals surface area (Å²) in [6.45, 7) is 3.20. The molecule has 0 rings (SSSR count). The van der Waals surface area contributed by atoms with Gasteiger partial charge in [-0.05, 0) is 6.92 Å². The lowest BCUT2D eigenvalue weighted by Gasteiger charge is -2.00. The molecule has 0 fully saturated rings. The van der Waals surface area contributed by atoms with E-state index in [0.29, 0.717) is 6.42 Å². The maximum absolute atomic E-state index is 11.3. The van der Waals surface area contributed by atoms with E-state index < -0.39 is 0 Å². The lowest BCUT2D eigenvalue weighted by atomic mass is 10.0. The summed E-state index contributed by atoms with van der Waals surface area (Å²) in [6.07, 6.45) is 1.80. The molecular weight excluding hydrogens is 220 g/mol. The molecule has 0 spiro atoms. The molecule has 0 saturated carbocycles. The van der Waals surface area contributed by atoms with E-state index in [-0.39, 0.29) is 61.7 Å². The summed E-state index contributed by atoms with van der Waals surface area (Å²) in [7, 11) is 0. The normalized spacial score (nSPS) is 10.0. The maximum Gasteiger partial charge on any atom is 0.133 e. The molecule has 0 aromatic carbocycles. The molecular formula is C13H20O4. The van der Waals surface area contributed by atoms with Gasteiger partial charge in [0.2, 0.25) is 0 Å². The second-order valence-electron chi connectivity index (χ2n) is 4.17. The Kier molecular flexibility index (Phi) is 8.11. The van der Waals surface area contributed by atoms with Gasteiger partial charge in [0.15, 0.2) is 0 Å². The Labute approximate surface area is 102 Å². The first-order valence-corrected chi connectivity index (χ1v) is 6.00. The zero-order valence-electron chi connectivity index (χ0n) is 10.6. The van der Waals surface area contributed by atoms with Gasteiger partial charge in [0, 0.05) is 44.9 Å². The zero-order chi connectivity index (χ0) is 13.3. The number of carbonyl (C=O) groups excluding carboxylic acids is 4. The molecule has 4 nitrogen and oxygen atoms in total. The van der Waals surface area contributed by atoms with Crippen LogP contribution in [0.25, 0.3) is 0 Å². The monoisotopic (exact) mass is 240 g/mol. The topological polar surface area (TPSA) is 68.3 Å². The van der Waals surface area contributed by atoms with Crippen molar-refractivity contribution in [3.63, 3.8) is 0 Å². The van der Waals surface area contributed by atoms with Gasteiger partial charge in [-0.2, -0.15) is 0 Å². The highest BCUT2D eigenvalue weighted by atomic mass is 16.1. The molecule has 0 aromatic rings. The molecule has 0 aliphatic carbocycles. The molecule has 0 aliphatic heterocycles. The molecule has 4 heteroatoms. The summed E-state index contributed by atoms with van der Waals surface area (Å²) < 4.78 is 0. The number of hydrogen-bond donors (Lipinski definition) is 0. The molecule has 0 bridgehead atoms. The number of hydrogen-bond acceptors (Lipinski definition) is 4. The summed E-state index contributed by atoms with van der Waals surface area (Å²) >= 11 is 0. The molecule has 17 heavy (non-hydrogen) atoms. The quantitative estimate of drug-likeness (QED) is 0.586. The van der Waals surface area contributed by atoms with Crippen LogP contribution in [0.1, 0.15) is 58.8 Å². The number of carbonyl (C=O) groups is 4. The van der Waals surface area contributed by atoms with Crippen LogP contribution in [0.4, 0.5) is 0 Å². The van der Waals surface area contributed by atoms with Crippen molar-refractivity contribution in [3.8, 4) is 0 Å². The van der Waals surface area contributed by atoms with Crippen molar-refractivity contribution in [2.45, 2.75) is 58.8 Å². The third-order valence-corrected chi connectivity index (χ3v) is 2.52. The minimum Gasteiger partial charge on any atom is -0.300 e. The fraction of sp³-hybridized carbons (Fsp3) is 0.692. The first-order chi connectivity index (χ1) is 7.95. The molecule has 0 heterocycles. The van der Waals surface area contributed by atoms with Gasteiger partial charge in [-0.3, -0.25) is 14.4 Å². The average Bonchev–Trinajstić information content (AvgIpc) is 2.30. The summed E-state index contributed by atoms with van der Waals surface area (Å²) in [6, 6.07) is 0. The average molecular weight is 240 g/mol. The van der Waals surface area contributed by atoms with Crippen molar-refractivity contribution in [1.29, 1.82) is 0 Å². The van der Waals surface area contributed by atoms with E-state index in [1.165, 1.54) is 6.92 Å². The Morgan fingerprint density at radius 1 is 0.647 bits per heavy atom. The van der Waals surface area contributed by atoms with Crippen LogP contribution in [0.2, 0.25) is 0 Å². The van der Waals surface area contributed by atoms with Crippen molar-refractivity contribution in [2.24, 2.45) is 0 Å². The standard InChI is InChI=1S/C13H20O4/c1-3-11(15)6-7-13(17)9-8-12(16)5-4-10(2)14/h3-9H2,1-2H3. The van der Waals surface area contributed by atoms with Crippen LogP contribution in [0.3, 0.4) is 0 Å². The van der Waals surface area contributed by atoms with Gasteiger partial charge in [-0.15, -0.1) is 0 Å². The van der Waals surface area contributed by atoms with Crippen molar-refractivity contribution in [1.82, 2.24) is 0 Å². The van der Waals surface area contributed by atoms with Gasteiger partial charge in [-0.25, -0.2) is 0 Å². The van der Waals surface area contributed by atoms with E-state index in [9.17, 15) is 19.2 Å². The van der Waals surface area contributed by atoms with Crippen molar-refractivity contribution < 1.29 is 19.2 Å². The summed E-state index contributed by atoms with van der Waals surface area (Å²) in [5.74, 6) is -0.0576. The fourth-order valence-corrected chi connectivity index (χ4v) is 1.30. The first-order valence-electron chi connectivity index (χ1n) is 6.00. The Bertz CT molecular complexity index is 305. The van der Waals surface area contributed by atoms with Gasteiger partial charge < -0.3 is 4.79 Å². The summed E-state index contributed by atoms with van der Waals surface area (Å²) in [4.78, 5) is 44.2. The van der Waals surface area contributed by atoms with Crippen molar-refractivity contribution in [3.05, 3.63) is 0 Å². The molecule has 0 radical (unpaired) electrons. The first kappa shape index (κ1) is 15.7. The second kappa shape index (κ2) is 8.79. The van der Waals surface area contributed by atoms with Crippen LogP contribution in [-0.4, -0.2) is 23.1 Å². The van der Waals surface area contributed by atoms with Gasteiger partial charge in [0.1, 0.15) is 23.1 Å². The predicted octanol–water partition coefficient (Wildman–Crippen LogP) is 2.03. The number of rotatable bonds is 10.